The minimum Gasteiger partial charge on any atom is -0.272 e. The lowest BCUT2D eigenvalue weighted by Crippen LogP contribution is -1.95. The molecule has 0 N–H and O–H groups in total. The van der Waals surface area contributed by atoms with Crippen molar-refractivity contribution < 1.29 is 0 Å². The first kappa shape index (κ1) is 9.78. The molecule has 1 unspecified atom stereocenters. The van der Waals surface area contributed by atoms with Gasteiger partial charge in [0.25, 0.3) is 0 Å². The van der Waals surface area contributed by atoms with Gasteiger partial charge in [-0.25, -0.2) is 0 Å². The number of hydrogen-bond donors (Lipinski definition) is 0. The average molecular weight is 211 g/mol. The predicted octanol–water partition coefficient (Wildman–Crippen LogP) is 3.08. The van der Waals surface area contributed by atoms with Crippen LogP contribution in [0.15, 0.2) is 18.5 Å². The molecule has 1 atom stereocenters. The molecule has 0 bridgehead atoms. The zero-order chi connectivity index (χ0) is 9.97. The normalized spacial score (nSPS) is 21.3. The van der Waals surface area contributed by atoms with Crippen molar-refractivity contribution in [3.05, 3.63) is 24.0 Å². The lowest BCUT2D eigenvalue weighted by Gasteiger charge is -1.96. The molecule has 2 nitrogen and oxygen atoms in total. The first-order valence-corrected chi connectivity index (χ1v) is 5.61. The maximum atomic E-state index is 6.02. The number of nitrogens with zero attached hydrogens (tertiary/aromatic N) is 2. The van der Waals surface area contributed by atoms with Gasteiger partial charge in [0.1, 0.15) is 0 Å². The molecule has 1 aromatic heterocycles. The van der Waals surface area contributed by atoms with E-state index in [0.717, 1.165) is 25.8 Å². The molecular formula is C11H15ClN2. The molecule has 0 aromatic carbocycles. The molecular weight excluding hydrogens is 196 g/mol. The Morgan fingerprint density at radius 2 is 2.50 bits per heavy atom. The number of aryl methyl sites for hydroxylation is 1. The van der Waals surface area contributed by atoms with Crippen LogP contribution >= 0.6 is 11.6 Å². The van der Waals surface area contributed by atoms with Gasteiger partial charge in [-0.05, 0) is 24.8 Å². The van der Waals surface area contributed by atoms with Crippen LogP contribution in [0.25, 0.3) is 5.57 Å². The summed E-state index contributed by atoms with van der Waals surface area (Å²) in [6.45, 7) is 3.16. The SMILES string of the molecule is CCCn1cc(C2=CC(Cl)CC2)cn1. The summed E-state index contributed by atoms with van der Waals surface area (Å²) >= 11 is 6.02. The van der Waals surface area contributed by atoms with Crippen LogP contribution in [-0.2, 0) is 6.54 Å². The van der Waals surface area contributed by atoms with Crippen molar-refractivity contribution in [2.24, 2.45) is 0 Å². The number of alkyl halides is 1. The quantitative estimate of drug-likeness (QED) is 0.702. The van der Waals surface area contributed by atoms with Crippen molar-refractivity contribution in [2.75, 3.05) is 0 Å². The highest BCUT2D eigenvalue weighted by Crippen LogP contribution is 2.30. The van der Waals surface area contributed by atoms with E-state index in [0.29, 0.717) is 0 Å². The van der Waals surface area contributed by atoms with E-state index in [2.05, 4.69) is 24.3 Å². The Kier molecular flexibility index (Phi) is 2.92. The van der Waals surface area contributed by atoms with Gasteiger partial charge in [0, 0.05) is 18.3 Å². The Morgan fingerprint density at radius 3 is 3.14 bits per heavy atom. The van der Waals surface area contributed by atoms with Crippen LogP contribution in [0.2, 0.25) is 0 Å². The second kappa shape index (κ2) is 4.18. The minimum atomic E-state index is 0.222. The highest BCUT2D eigenvalue weighted by atomic mass is 35.5. The Balaban J connectivity index is 2.13. The van der Waals surface area contributed by atoms with E-state index in [9.17, 15) is 0 Å². The van der Waals surface area contributed by atoms with Gasteiger partial charge in [-0.15, -0.1) is 11.6 Å². The Bertz CT molecular complexity index is 341. The summed E-state index contributed by atoms with van der Waals surface area (Å²) in [6.07, 6.45) is 9.48. The fourth-order valence-electron chi connectivity index (χ4n) is 1.80. The van der Waals surface area contributed by atoms with Crippen molar-refractivity contribution in [2.45, 2.75) is 38.1 Å². The van der Waals surface area contributed by atoms with E-state index < -0.39 is 0 Å². The molecule has 1 aliphatic rings. The van der Waals surface area contributed by atoms with Crippen molar-refractivity contribution in [3.63, 3.8) is 0 Å². The van der Waals surface area contributed by atoms with Gasteiger partial charge in [-0.3, -0.25) is 4.68 Å². The zero-order valence-corrected chi connectivity index (χ0v) is 9.17. The second-order valence-corrected chi connectivity index (χ2v) is 4.30. The third kappa shape index (κ3) is 2.01. The maximum absolute atomic E-state index is 6.02. The molecule has 2 rings (SSSR count). The molecule has 0 fully saturated rings. The van der Waals surface area contributed by atoms with Gasteiger partial charge in [0.2, 0.25) is 0 Å². The highest BCUT2D eigenvalue weighted by Gasteiger charge is 2.15. The van der Waals surface area contributed by atoms with Crippen molar-refractivity contribution in [3.8, 4) is 0 Å². The minimum absolute atomic E-state index is 0.222. The highest BCUT2D eigenvalue weighted by molar-refractivity contribution is 6.22. The molecule has 1 aliphatic carbocycles. The summed E-state index contributed by atoms with van der Waals surface area (Å²) in [4.78, 5) is 0. The van der Waals surface area contributed by atoms with Gasteiger partial charge in [0.05, 0.1) is 11.6 Å². The van der Waals surface area contributed by atoms with E-state index in [1.165, 1.54) is 11.1 Å². The molecule has 0 radical (unpaired) electrons. The fourth-order valence-corrected chi connectivity index (χ4v) is 2.06. The number of hydrogen-bond acceptors (Lipinski definition) is 1. The third-order valence-electron chi connectivity index (χ3n) is 2.53. The van der Waals surface area contributed by atoms with Crippen LogP contribution in [-0.4, -0.2) is 15.2 Å². The number of allylic oxidation sites excluding steroid dienone is 2. The van der Waals surface area contributed by atoms with Crippen LogP contribution < -0.4 is 0 Å². The zero-order valence-electron chi connectivity index (χ0n) is 8.41. The second-order valence-electron chi connectivity index (χ2n) is 3.74. The summed E-state index contributed by atoms with van der Waals surface area (Å²) < 4.78 is 2.00. The summed E-state index contributed by atoms with van der Waals surface area (Å²) in [7, 11) is 0. The monoisotopic (exact) mass is 210 g/mol. The smallest absolute Gasteiger partial charge is 0.0564 e. The van der Waals surface area contributed by atoms with E-state index in [-0.39, 0.29) is 5.38 Å². The van der Waals surface area contributed by atoms with Crippen LogP contribution in [0, 0.1) is 0 Å². The predicted molar refractivity (Wildman–Crippen MR) is 59.4 cm³/mol. The topological polar surface area (TPSA) is 17.8 Å². The third-order valence-corrected chi connectivity index (χ3v) is 2.87. The molecule has 0 saturated carbocycles. The van der Waals surface area contributed by atoms with Crippen molar-refractivity contribution >= 4 is 17.2 Å². The molecule has 3 heteroatoms. The summed E-state index contributed by atoms with van der Waals surface area (Å²) in [5, 5.41) is 4.53. The summed E-state index contributed by atoms with van der Waals surface area (Å²) in [6, 6.07) is 0. The van der Waals surface area contributed by atoms with E-state index in [4.69, 9.17) is 11.6 Å². The number of rotatable bonds is 3. The molecule has 0 aliphatic heterocycles. The van der Waals surface area contributed by atoms with Crippen LogP contribution in [0.5, 0.6) is 0 Å². The van der Waals surface area contributed by atoms with Crippen LogP contribution in [0.1, 0.15) is 31.7 Å². The van der Waals surface area contributed by atoms with Gasteiger partial charge >= 0.3 is 0 Å². The molecule has 14 heavy (non-hydrogen) atoms. The fraction of sp³-hybridized carbons (Fsp3) is 0.545. The van der Waals surface area contributed by atoms with Crippen molar-refractivity contribution in [1.29, 1.82) is 0 Å². The standard InChI is InChI=1S/C11H15ClN2/c1-2-5-14-8-10(7-13-14)9-3-4-11(12)6-9/h6-8,11H,2-5H2,1H3. The van der Waals surface area contributed by atoms with Crippen LogP contribution in [0.4, 0.5) is 0 Å². The summed E-state index contributed by atoms with van der Waals surface area (Å²) in [5.41, 5.74) is 2.59. The first-order chi connectivity index (χ1) is 6.79. The van der Waals surface area contributed by atoms with Gasteiger partial charge < -0.3 is 0 Å². The molecule has 0 spiro atoms. The van der Waals surface area contributed by atoms with E-state index in [1.807, 2.05) is 10.9 Å². The van der Waals surface area contributed by atoms with Crippen molar-refractivity contribution in [1.82, 2.24) is 9.78 Å². The Morgan fingerprint density at radius 1 is 1.64 bits per heavy atom. The molecule has 0 amide bonds. The van der Waals surface area contributed by atoms with Gasteiger partial charge in [0.15, 0.2) is 0 Å². The number of halogens is 1. The Labute approximate surface area is 89.6 Å². The van der Waals surface area contributed by atoms with Crippen LogP contribution in [0.3, 0.4) is 0 Å². The van der Waals surface area contributed by atoms with E-state index >= 15 is 0 Å². The average Bonchev–Trinajstić information content (AvgIpc) is 2.74. The van der Waals surface area contributed by atoms with Gasteiger partial charge in [-0.1, -0.05) is 13.0 Å². The summed E-state index contributed by atoms with van der Waals surface area (Å²) in [5.74, 6) is 0. The first-order valence-electron chi connectivity index (χ1n) is 5.17. The van der Waals surface area contributed by atoms with Gasteiger partial charge in [-0.2, -0.15) is 5.10 Å². The molecule has 1 heterocycles. The number of aromatic nitrogens is 2. The van der Waals surface area contributed by atoms with E-state index in [1.54, 1.807) is 0 Å². The largest absolute Gasteiger partial charge is 0.272 e. The lowest BCUT2D eigenvalue weighted by molar-refractivity contribution is 0.602. The Hall–Kier alpha value is -0.760. The molecule has 76 valence electrons. The lowest BCUT2D eigenvalue weighted by atomic mass is 10.1. The maximum Gasteiger partial charge on any atom is 0.0564 e. The molecule has 1 aromatic rings. The molecule has 0 saturated heterocycles.